The minimum Gasteiger partial charge on any atom is -0.368 e. The lowest BCUT2D eigenvalue weighted by atomic mass is 10.2. The van der Waals surface area contributed by atoms with Crippen LogP contribution < -0.4 is 5.73 Å². The first-order valence-electron chi connectivity index (χ1n) is 3.70. The van der Waals surface area contributed by atoms with Gasteiger partial charge in [-0.1, -0.05) is 5.23 Å². The van der Waals surface area contributed by atoms with Gasteiger partial charge in [0.05, 0.1) is 5.60 Å². The topological polar surface area (TPSA) is 81.9 Å². The Kier molecular flexibility index (Phi) is 4.36. The number of nitrogens with two attached hydrogens (primary N) is 1. The molecular weight excluding hydrogens is 176 g/mol. The van der Waals surface area contributed by atoms with Gasteiger partial charge in [0, 0.05) is 0 Å². The highest BCUT2D eigenvalue weighted by Crippen LogP contribution is 2.08. The summed E-state index contributed by atoms with van der Waals surface area (Å²) in [5, 5.41) is 0.574. The largest absolute Gasteiger partial charge is 0.368 e. The van der Waals surface area contributed by atoms with Crippen LogP contribution in [0.4, 0.5) is 0 Å². The number of carbonyl (C=O) groups excluding carboxylic acids is 2. The van der Waals surface area contributed by atoms with Crippen LogP contribution >= 0.6 is 0 Å². The normalized spacial score (nSPS) is 11.0. The number of hydrogen-bond donors (Lipinski definition) is 1. The lowest BCUT2D eigenvalue weighted by Gasteiger charge is -2.24. The second-order valence-corrected chi connectivity index (χ2v) is 3.33. The Balaban J connectivity index is 3.90. The Morgan fingerprint density at radius 2 is 2.08 bits per heavy atom. The fourth-order valence-corrected chi connectivity index (χ4v) is 0.475. The maximum absolute atomic E-state index is 10.3. The number of amides is 2. The highest BCUT2D eigenvalue weighted by Gasteiger charge is 2.17. The first-order chi connectivity index (χ1) is 5.85. The maximum Gasteiger partial charge on any atom is 0.261 e. The fraction of sp³-hybridized carbons (Fsp3) is 0.714. The first-order valence-corrected chi connectivity index (χ1v) is 3.70. The number of nitrogens with zero attached hydrogens (tertiary/aromatic N) is 1. The summed E-state index contributed by atoms with van der Waals surface area (Å²) in [7, 11) is 0. The van der Waals surface area contributed by atoms with E-state index in [2.05, 4.69) is 4.84 Å². The quantitative estimate of drug-likeness (QED) is 0.472. The SMILES string of the molecule is CC(C)(C)ON(C=O)OCC(N)=O. The molecule has 0 aliphatic heterocycles. The van der Waals surface area contributed by atoms with Gasteiger partial charge in [-0.05, 0) is 20.8 Å². The predicted molar refractivity (Wildman–Crippen MR) is 43.9 cm³/mol. The van der Waals surface area contributed by atoms with E-state index in [4.69, 9.17) is 10.6 Å². The second kappa shape index (κ2) is 4.78. The summed E-state index contributed by atoms with van der Waals surface area (Å²) in [6.45, 7) is 4.81. The van der Waals surface area contributed by atoms with Crippen molar-refractivity contribution in [3.8, 4) is 0 Å². The smallest absolute Gasteiger partial charge is 0.261 e. The summed E-state index contributed by atoms with van der Waals surface area (Å²) >= 11 is 0. The van der Waals surface area contributed by atoms with Gasteiger partial charge in [-0.15, -0.1) is 0 Å². The summed E-state index contributed by atoms with van der Waals surface area (Å²) in [4.78, 5) is 30.2. The number of primary amides is 1. The average molecular weight is 190 g/mol. The van der Waals surface area contributed by atoms with Crippen LogP contribution in [0, 0.1) is 0 Å². The van der Waals surface area contributed by atoms with Crippen LogP contribution in [0.3, 0.4) is 0 Å². The van der Waals surface area contributed by atoms with Crippen molar-refractivity contribution in [1.29, 1.82) is 0 Å². The van der Waals surface area contributed by atoms with Gasteiger partial charge < -0.3 is 5.73 Å². The molecule has 0 aliphatic carbocycles. The Labute approximate surface area is 76.5 Å². The number of rotatable bonds is 5. The summed E-state index contributed by atoms with van der Waals surface area (Å²) in [6.07, 6.45) is 0.314. The van der Waals surface area contributed by atoms with Gasteiger partial charge >= 0.3 is 0 Å². The van der Waals surface area contributed by atoms with E-state index in [0.29, 0.717) is 11.6 Å². The van der Waals surface area contributed by atoms with Crippen molar-refractivity contribution in [2.75, 3.05) is 6.61 Å². The molecule has 0 heterocycles. The Morgan fingerprint density at radius 1 is 1.54 bits per heavy atom. The summed E-state index contributed by atoms with van der Waals surface area (Å²) in [6, 6.07) is 0. The van der Waals surface area contributed by atoms with Crippen molar-refractivity contribution in [2.45, 2.75) is 26.4 Å². The van der Waals surface area contributed by atoms with Crippen LogP contribution in [-0.2, 0) is 19.3 Å². The van der Waals surface area contributed by atoms with Gasteiger partial charge in [-0.3, -0.25) is 9.59 Å². The molecule has 0 aromatic rings. The van der Waals surface area contributed by atoms with Crippen molar-refractivity contribution in [3.63, 3.8) is 0 Å². The second-order valence-electron chi connectivity index (χ2n) is 3.33. The minimum atomic E-state index is -0.677. The first kappa shape index (κ1) is 11.9. The number of hydroxylamine groups is 2. The van der Waals surface area contributed by atoms with Crippen LogP contribution in [0.15, 0.2) is 0 Å². The predicted octanol–water partition coefficient (Wildman–Crippen LogP) is -0.408. The van der Waals surface area contributed by atoms with E-state index in [1.54, 1.807) is 20.8 Å². The van der Waals surface area contributed by atoms with Gasteiger partial charge in [0.15, 0.2) is 6.61 Å². The lowest BCUT2D eigenvalue weighted by Crippen LogP contribution is -2.35. The van der Waals surface area contributed by atoms with E-state index in [1.807, 2.05) is 0 Å². The molecule has 76 valence electrons. The zero-order chi connectivity index (χ0) is 10.5. The lowest BCUT2D eigenvalue weighted by molar-refractivity contribution is -0.363. The van der Waals surface area contributed by atoms with Gasteiger partial charge in [-0.25, -0.2) is 9.68 Å². The van der Waals surface area contributed by atoms with E-state index in [-0.39, 0.29) is 0 Å². The summed E-state index contributed by atoms with van der Waals surface area (Å²) in [5.74, 6) is -0.677. The van der Waals surface area contributed by atoms with Crippen molar-refractivity contribution < 1.29 is 19.3 Å². The van der Waals surface area contributed by atoms with Gasteiger partial charge in [-0.2, -0.15) is 0 Å². The molecule has 2 N–H and O–H groups in total. The van der Waals surface area contributed by atoms with Crippen LogP contribution in [0.25, 0.3) is 0 Å². The van der Waals surface area contributed by atoms with E-state index < -0.39 is 18.1 Å². The van der Waals surface area contributed by atoms with E-state index >= 15 is 0 Å². The molecule has 0 spiro atoms. The standard InChI is InChI=1S/C7H14N2O4/c1-7(2,3)13-9(5-10)12-4-6(8)11/h5H,4H2,1-3H3,(H2,8,11). The third-order valence-corrected chi connectivity index (χ3v) is 0.784. The van der Waals surface area contributed by atoms with Gasteiger partial charge in [0.2, 0.25) is 5.91 Å². The molecule has 0 saturated carbocycles. The van der Waals surface area contributed by atoms with E-state index in [0.717, 1.165) is 0 Å². The molecule has 13 heavy (non-hydrogen) atoms. The number of hydrogen-bond acceptors (Lipinski definition) is 4. The zero-order valence-electron chi connectivity index (χ0n) is 7.94. The van der Waals surface area contributed by atoms with Crippen LogP contribution in [-0.4, -0.2) is 29.8 Å². The van der Waals surface area contributed by atoms with E-state index in [9.17, 15) is 9.59 Å². The van der Waals surface area contributed by atoms with Gasteiger partial charge in [0.25, 0.3) is 6.41 Å². The number of carbonyl (C=O) groups is 2. The van der Waals surface area contributed by atoms with Crippen molar-refractivity contribution in [2.24, 2.45) is 5.73 Å². The molecule has 0 saturated heterocycles. The highest BCUT2D eigenvalue weighted by atomic mass is 17.0. The molecule has 0 atom stereocenters. The molecular formula is C7H14N2O4. The van der Waals surface area contributed by atoms with Crippen LogP contribution in [0.1, 0.15) is 20.8 Å². The molecule has 0 aromatic carbocycles. The maximum atomic E-state index is 10.3. The summed E-state index contributed by atoms with van der Waals surface area (Å²) < 4.78 is 0. The third-order valence-electron chi connectivity index (χ3n) is 0.784. The van der Waals surface area contributed by atoms with Crippen molar-refractivity contribution >= 4 is 12.3 Å². The van der Waals surface area contributed by atoms with Crippen molar-refractivity contribution in [3.05, 3.63) is 0 Å². The van der Waals surface area contributed by atoms with Crippen molar-refractivity contribution in [1.82, 2.24) is 5.23 Å². The average Bonchev–Trinajstić information content (AvgIpc) is 1.95. The molecule has 0 bridgehead atoms. The molecule has 2 amide bonds. The van der Waals surface area contributed by atoms with Crippen LogP contribution in [0.2, 0.25) is 0 Å². The molecule has 6 nitrogen and oxygen atoms in total. The monoisotopic (exact) mass is 190 g/mol. The zero-order valence-corrected chi connectivity index (χ0v) is 7.94. The molecule has 0 aliphatic rings. The Bertz CT molecular complexity index is 187. The molecule has 0 rings (SSSR count). The van der Waals surface area contributed by atoms with E-state index in [1.165, 1.54) is 0 Å². The molecule has 0 unspecified atom stereocenters. The minimum absolute atomic E-state index is 0.314. The van der Waals surface area contributed by atoms with Gasteiger partial charge in [0.1, 0.15) is 0 Å². The highest BCUT2D eigenvalue weighted by molar-refractivity contribution is 5.75. The molecule has 0 radical (unpaired) electrons. The molecule has 0 fully saturated rings. The third kappa shape index (κ3) is 7.23. The summed E-state index contributed by atoms with van der Waals surface area (Å²) in [5.41, 5.74) is 4.23. The van der Waals surface area contributed by atoms with Crippen LogP contribution in [0.5, 0.6) is 0 Å². The molecule has 0 aromatic heterocycles. The Morgan fingerprint density at radius 3 is 2.38 bits per heavy atom. The fourth-order valence-electron chi connectivity index (χ4n) is 0.475. The Hall–Kier alpha value is -1.14. The molecule has 6 heteroatoms.